The lowest BCUT2D eigenvalue weighted by atomic mass is 10.2. The Kier molecular flexibility index (Phi) is 6.36. The predicted molar refractivity (Wildman–Crippen MR) is 105 cm³/mol. The van der Waals surface area contributed by atoms with Crippen LogP contribution in [0.2, 0.25) is 0 Å². The van der Waals surface area contributed by atoms with E-state index in [2.05, 4.69) is 85.7 Å². The minimum absolute atomic E-state index is 0.914. The zero-order valence-corrected chi connectivity index (χ0v) is 14.8. The average molecular weight is 324 g/mol. The summed E-state index contributed by atoms with van der Waals surface area (Å²) >= 11 is 1.69. The van der Waals surface area contributed by atoms with Gasteiger partial charge >= 0.3 is 0 Å². The molecule has 2 rings (SSSR count). The van der Waals surface area contributed by atoms with Gasteiger partial charge in [0, 0.05) is 34.8 Å². The first kappa shape index (κ1) is 17.2. The van der Waals surface area contributed by atoms with Gasteiger partial charge in [-0.2, -0.15) is 0 Å². The smallest absolute Gasteiger partial charge is 0.0484 e. The number of thioether (sulfide) groups is 1. The molecule has 0 atom stereocenters. The molecule has 0 heterocycles. The summed E-state index contributed by atoms with van der Waals surface area (Å²) in [4.78, 5) is 2.23. The number of hydrogen-bond acceptors (Lipinski definition) is 3. The molecule has 0 spiro atoms. The Labute approximate surface area is 143 Å². The first-order valence-electron chi connectivity index (χ1n) is 7.79. The molecule has 0 aliphatic carbocycles. The highest BCUT2D eigenvalue weighted by molar-refractivity contribution is 8.03. The van der Waals surface area contributed by atoms with Gasteiger partial charge in [-0.15, -0.1) is 0 Å². The lowest BCUT2D eigenvalue weighted by Gasteiger charge is -2.11. The number of nitrogens with one attached hydrogen (secondary N) is 2. The normalized spacial score (nSPS) is 10.7. The molecule has 2 nitrogen and oxygen atoms in total. The second kappa shape index (κ2) is 8.49. The van der Waals surface area contributed by atoms with Crippen LogP contribution in [-0.2, 0) is 0 Å². The molecule has 2 N–H and O–H groups in total. The van der Waals surface area contributed by atoms with Crippen LogP contribution in [-0.4, -0.2) is 13.6 Å². The molecule has 2 aromatic rings. The highest BCUT2D eigenvalue weighted by Crippen LogP contribution is 2.33. The Hall–Kier alpha value is -2.13. The van der Waals surface area contributed by atoms with E-state index in [9.17, 15) is 0 Å². The molecular weight excluding hydrogens is 300 g/mol. The maximum absolute atomic E-state index is 4.16. The van der Waals surface area contributed by atoms with E-state index in [1.165, 1.54) is 21.7 Å². The maximum Gasteiger partial charge on any atom is 0.0484 e. The Morgan fingerprint density at radius 2 is 1.91 bits per heavy atom. The zero-order chi connectivity index (χ0) is 16.7. The van der Waals surface area contributed by atoms with Crippen molar-refractivity contribution in [1.29, 1.82) is 0 Å². The van der Waals surface area contributed by atoms with Crippen molar-refractivity contribution in [3.05, 3.63) is 71.2 Å². The Bertz CT molecular complexity index is 687. The zero-order valence-electron chi connectivity index (χ0n) is 14.0. The fourth-order valence-electron chi connectivity index (χ4n) is 2.19. The van der Waals surface area contributed by atoms with Crippen LogP contribution in [0.3, 0.4) is 0 Å². The lowest BCUT2D eigenvalue weighted by Crippen LogP contribution is -1.98. The molecule has 0 bridgehead atoms. The van der Waals surface area contributed by atoms with Gasteiger partial charge in [-0.3, -0.25) is 0 Å². The third-order valence-electron chi connectivity index (χ3n) is 3.40. The van der Waals surface area contributed by atoms with E-state index < -0.39 is 0 Å². The second-order valence-electron chi connectivity index (χ2n) is 5.30. The first-order valence-corrected chi connectivity index (χ1v) is 8.61. The third kappa shape index (κ3) is 5.22. The summed E-state index contributed by atoms with van der Waals surface area (Å²) in [5, 5.41) is 6.54. The highest BCUT2D eigenvalue weighted by Gasteiger charge is 2.03. The van der Waals surface area contributed by atoms with Crippen molar-refractivity contribution in [3.63, 3.8) is 0 Å². The summed E-state index contributed by atoms with van der Waals surface area (Å²) < 4.78 is 0. The number of aryl methyl sites for hydroxylation is 1. The van der Waals surface area contributed by atoms with Crippen molar-refractivity contribution in [2.45, 2.75) is 18.7 Å². The molecule has 0 fully saturated rings. The summed E-state index contributed by atoms with van der Waals surface area (Å²) in [6.07, 6.45) is 4.16. The van der Waals surface area contributed by atoms with Gasteiger partial charge < -0.3 is 10.6 Å². The summed E-state index contributed by atoms with van der Waals surface area (Å²) in [6.45, 7) is 9.29. The van der Waals surface area contributed by atoms with E-state index in [1.54, 1.807) is 11.8 Å². The largest absolute Gasteiger partial charge is 0.388 e. The Morgan fingerprint density at radius 1 is 1.17 bits per heavy atom. The summed E-state index contributed by atoms with van der Waals surface area (Å²) in [5.74, 6) is 0. The minimum Gasteiger partial charge on any atom is -0.388 e. The summed E-state index contributed by atoms with van der Waals surface area (Å²) in [7, 11) is 1.92. The summed E-state index contributed by atoms with van der Waals surface area (Å²) in [5.41, 5.74) is 4.72. The van der Waals surface area contributed by atoms with Gasteiger partial charge in [-0.25, -0.2) is 0 Å². The number of rotatable bonds is 7. The molecule has 0 aliphatic heterocycles. The van der Waals surface area contributed by atoms with Crippen molar-refractivity contribution in [3.8, 4) is 0 Å². The molecular formula is C20H24N2S. The summed E-state index contributed by atoms with van der Waals surface area (Å²) in [6, 6.07) is 14.8. The average Bonchev–Trinajstić information content (AvgIpc) is 2.56. The van der Waals surface area contributed by atoms with Crippen LogP contribution >= 0.6 is 11.8 Å². The van der Waals surface area contributed by atoms with Crippen molar-refractivity contribution in [2.24, 2.45) is 0 Å². The maximum atomic E-state index is 4.16. The van der Waals surface area contributed by atoms with Gasteiger partial charge in [0.15, 0.2) is 0 Å². The predicted octanol–water partition coefficient (Wildman–Crippen LogP) is 5.79. The van der Waals surface area contributed by atoms with Gasteiger partial charge in [0.05, 0.1) is 0 Å². The van der Waals surface area contributed by atoms with Gasteiger partial charge in [-0.1, -0.05) is 42.6 Å². The van der Waals surface area contributed by atoms with Crippen LogP contribution in [0.4, 0.5) is 11.4 Å². The first-order chi connectivity index (χ1) is 11.1. The van der Waals surface area contributed by atoms with Crippen molar-refractivity contribution < 1.29 is 0 Å². The SMILES string of the molecule is C=C(C=Cc1ccc(NC)cc1)Sc1ccc(C)cc1NCC. The Morgan fingerprint density at radius 3 is 2.57 bits per heavy atom. The standard InChI is InChI=1S/C20H24N2S/c1-5-22-19-14-15(2)6-13-20(19)23-16(3)7-8-17-9-11-18(21-4)12-10-17/h6-14,21-22H,3,5H2,1-2,4H3. The molecule has 3 heteroatoms. The molecule has 0 unspecified atom stereocenters. The quantitative estimate of drug-likeness (QED) is 0.498. The molecule has 0 aromatic heterocycles. The molecule has 0 saturated heterocycles. The van der Waals surface area contributed by atoms with E-state index in [-0.39, 0.29) is 0 Å². The van der Waals surface area contributed by atoms with Crippen LogP contribution in [0, 0.1) is 6.92 Å². The molecule has 0 saturated carbocycles. The van der Waals surface area contributed by atoms with Crippen molar-refractivity contribution >= 4 is 29.2 Å². The van der Waals surface area contributed by atoms with Crippen LogP contribution in [0.25, 0.3) is 6.08 Å². The Balaban J connectivity index is 2.05. The van der Waals surface area contributed by atoms with Gasteiger partial charge in [0.1, 0.15) is 0 Å². The third-order valence-corrected chi connectivity index (χ3v) is 4.38. The van der Waals surface area contributed by atoms with E-state index in [0.29, 0.717) is 0 Å². The van der Waals surface area contributed by atoms with Crippen LogP contribution < -0.4 is 10.6 Å². The molecule has 0 amide bonds. The van der Waals surface area contributed by atoms with E-state index in [0.717, 1.165) is 17.1 Å². The number of anilines is 2. The number of benzene rings is 2. The van der Waals surface area contributed by atoms with Crippen LogP contribution in [0.1, 0.15) is 18.1 Å². The molecule has 120 valence electrons. The fraction of sp³-hybridized carbons (Fsp3) is 0.200. The monoisotopic (exact) mass is 324 g/mol. The van der Waals surface area contributed by atoms with Crippen molar-refractivity contribution in [1.82, 2.24) is 0 Å². The lowest BCUT2D eigenvalue weighted by molar-refractivity contribution is 1.18. The van der Waals surface area contributed by atoms with E-state index in [4.69, 9.17) is 0 Å². The molecule has 23 heavy (non-hydrogen) atoms. The van der Waals surface area contributed by atoms with E-state index in [1.807, 2.05) is 7.05 Å². The van der Waals surface area contributed by atoms with Crippen molar-refractivity contribution in [2.75, 3.05) is 24.2 Å². The van der Waals surface area contributed by atoms with Crippen LogP contribution in [0.15, 0.2) is 64.9 Å². The van der Waals surface area contributed by atoms with E-state index >= 15 is 0 Å². The fourth-order valence-corrected chi connectivity index (χ4v) is 2.98. The van der Waals surface area contributed by atoms with Gasteiger partial charge in [-0.05, 0) is 55.3 Å². The van der Waals surface area contributed by atoms with Crippen LogP contribution in [0.5, 0.6) is 0 Å². The van der Waals surface area contributed by atoms with Gasteiger partial charge in [0.25, 0.3) is 0 Å². The topological polar surface area (TPSA) is 24.1 Å². The second-order valence-corrected chi connectivity index (χ2v) is 6.47. The molecule has 2 aromatic carbocycles. The van der Waals surface area contributed by atoms with Gasteiger partial charge in [0.2, 0.25) is 0 Å². The highest BCUT2D eigenvalue weighted by atomic mass is 32.2. The minimum atomic E-state index is 0.914. The number of allylic oxidation sites excluding steroid dienone is 1. The molecule has 0 radical (unpaired) electrons. The molecule has 0 aliphatic rings. The number of hydrogen-bond donors (Lipinski definition) is 2.